The summed E-state index contributed by atoms with van der Waals surface area (Å²) in [6, 6.07) is 34.2. The standard InChI is InChI=1S/C34H26Cl2N2O5/c35-31-7-3-1-5-25(31)19-40-27-13-9-23(10-14-27)33-17-29(42-37-33)21-39-22-30-18-34(38-43-30)24-11-15-28(16-12-24)41-20-26-6-2-4-8-32(26)36/h1-18H,19-22H2. The van der Waals surface area contributed by atoms with Crippen molar-refractivity contribution in [3.05, 3.63) is 142 Å². The normalized spacial score (nSPS) is 11.0. The van der Waals surface area contributed by atoms with E-state index in [9.17, 15) is 0 Å². The van der Waals surface area contributed by atoms with Crippen LogP contribution in [0.15, 0.2) is 118 Å². The van der Waals surface area contributed by atoms with Gasteiger partial charge in [-0.3, -0.25) is 0 Å². The van der Waals surface area contributed by atoms with E-state index in [1.807, 2.05) is 109 Å². The molecule has 6 rings (SSSR count). The monoisotopic (exact) mass is 612 g/mol. The number of nitrogens with zero attached hydrogens (tertiary/aromatic N) is 2. The maximum absolute atomic E-state index is 6.20. The van der Waals surface area contributed by atoms with Crippen LogP contribution in [0.5, 0.6) is 11.5 Å². The second-order valence-electron chi connectivity index (χ2n) is 9.66. The molecule has 9 heteroatoms. The molecule has 0 amide bonds. The molecule has 0 atom stereocenters. The molecule has 0 aliphatic carbocycles. The zero-order chi connectivity index (χ0) is 29.4. The summed E-state index contributed by atoms with van der Waals surface area (Å²) in [6.07, 6.45) is 0. The smallest absolute Gasteiger partial charge is 0.163 e. The van der Waals surface area contributed by atoms with Gasteiger partial charge in [0.1, 0.15) is 49.3 Å². The number of benzene rings is 4. The highest BCUT2D eigenvalue weighted by Gasteiger charge is 2.11. The van der Waals surface area contributed by atoms with Crippen molar-refractivity contribution in [1.82, 2.24) is 10.3 Å². The van der Waals surface area contributed by atoms with E-state index in [1.165, 1.54) is 0 Å². The quantitative estimate of drug-likeness (QED) is 0.136. The first-order chi connectivity index (χ1) is 21.1. The van der Waals surface area contributed by atoms with E-state index in [2.05, 4.69) is 10.3 Å². The van der Waals surface area contributed by atoms with Crippen LogP contribution in [0.3, 0.4) is 0 Å². The van der Waals surface area contributed by atoms with Gasteiger partial charge in [-0.15, -0.1) is 0 Å². The van der Waals surface area contributed by atoms with E-state index in [-0.39, 0.29) is 13.2 Å². The van der Waals surface area contributed by atoms with Gasteiger partial charge < -0.3 is 23.3 Å². The second-order valence-corrected chi connectivity index (χ2v) is 10.5. The van der Waals surface area contributed by atoms with Gasteiger partial charge in [0.15, 0.2) is 11.5 Å². The second kappa shape index (κ2) is 13.6. The summed E-state index contributed by atoms with van der Waals surface area (Å²) in [4.78, 5) is 0. The third kappa shape index (κ3) is 7.45. The molecule has 0 bridgehead atoms. The van der Waals surface area contributed by atoms with Gasteiger partial charge in [0.05, 0.1) is 0 Å². The lowest BCUT2D eigenvalue weighted by molar-refractivity contribution is 0.0727. The summed E-state index contributed by atoms with van der Waals surface area (Å²) in [5.74, 6) is 2.67. The fourth-order valence-corrected chi connectivity index (χ4v) is 4.66. The summed E-state index contributed by atoms with van der Waals surface area (Å²) in [6.45, 7) is 1.26. The molecular formula is C34H26Cl2N2O5. The average molecular weight is 613 g/mol. The molecular weight excluding hydrogens is 587 g/mol. The Hall–Kier alpha value is -4.56. The minimum Gasteiger partial charge on any atom is -0.489 e. The van der Waals surface area contributed by atoms with Crippen LogP contribution in [-0.4, -0.2) is 10.3 Å². The number of ether oxygens (including phenoxy) is 3. The molecule has 0 saturated heterocycles. The van der Waals surface area contributed by atoms with E-state index in [1.54, 1.807) is 0 Å². The zero-order valence-corrected chi connectivity index (χ0v) is 24.4. The molecule has 7 nitrogen and oxygen atoms in total. The molecule has 0 saturated carbocycles. The van der Waals surface area contributed by atoms with Crippen molar-refractivity contribution >= 4 is 23.2 Å². The molecule has 0 N–H and O–H groups in total. The Labute approximate surface area is 258 Å². The largest absolute Gasteiger partial charge is 0.489 e. The minimum absolute atomic E-state index is 0.236. The number of aromatic nitrogens is 2. The first kappa shape index (κ1) is 28.6. The summed E-state index contributed by atoms with van der Waals surface area (Å²) >= 11 is 12.4. The van der Waals surface area contributed by atoms with Crippen molar-refractivity contribution in [2.24, 2.45) is 0 Å². The number of rotatable bonds is 12. The van der Waals surface area contributed by atoms with Crippen LogP contribution in [-0.2, 0) is 31.2 Å². The molecule has 4 aromatic carbocycles. The third-order valence-corrected chi connectivity index (χ3v) is 7.35. The fraction of sp³-hybridized carbons (Fsp3) is 0.118. The van der Waals surface area contributed by atoms with Crippen LogP contribution < -0.4 is 9.47 Å². The van der Waals surface area contributed by atoms with Gasteiger partial charge in [-0.1, -0.05) is 69.9 Å². The third-order valence-electron chi connectivity index (χ3n) is 6.61. The molecule has 0 radical (unpaired) electrons. The average Bonchev–Trinajstić information content (AvgIpc) is 3.71. The van der Waals surface area contributed by atoms with E-state index in [0.717, 1.165) is 33.8 Å². The molecule has 0 spiro atoms. The Morgan fingerprint density at radius 1 is 0.512 bits per heavy atom. The maximum Gasteiger partial charge on any atom is 0.163 e. The van der Waals surface area contributed by atoms with Gasteiger partial charge in [-0.25, -0.2) is 0 Å². The lowest BCUT2D eigenvalue weighted by Crippen LogP contribution is -1.95. The SMILES string of the molecule is Clc1ccccc1COc1ccc(-c2cc(COCc3cc(-c4ccc(OCc5ccccc5Cl)cc4)no3)on2)cc1. The first-order valence-corrected chi connectivity index (χ1v) is 14.3. The van der Waals surface area contributed by atoms with Crippen molar-refractivity contribution in [2.45, 2.75) is 26.4 Å². The zero-order valence-electron chi connectivity index (χ0n) is 22.9. The van der Waals surface area contributed by atoms with Crippen LogP contribution in [0.1, 0.15) is 22.6 Å². The van der Waals surface area contributed by atoms with Crippen molar-refractivity contribution in [1.29, 1.82) is 0 Å². The van der Waals surface area contributed by atoms with Crippen LogP contribution in [0.4, 0.5) is 0 Å². The van der Waals surface area contributed by atoms with Crippen LogP contribution >= 0.6 is 23.2 Å². The van der Waals surface area contributed by atoms with Crippen LogP contribution in [0.2, 0.25) is 10.0 Å². The highest BCUT2D eigenvalue weighted by Crippen LogP contribution is 2.26. The lowest BCUT2D eigenvalue weighted by Gasteiger charge is -2.08. The van der Waals surface area contributed by atoms with Gasteiger partial charge in [0, 0.05) is 44.4 Å². The predicted molar refractivity (Wildman–Crippen MR) is 164 cm³/mol. The van der Waals surface area contributed by atoms with Crippen molar-refractivity contribution in [3.63, 3.8) is 0 Å². The highest BCUT2D eigenvalue weighted by molar-refractivity contribution is 6.31. The van der Waals surface area contributed by atoms with E-state index >= 15 is 0 Å². The van der Waals surface area contributed by atoms with Crippen LogP contribution in [0, 0.1) is 0 Å². The molecule has 0 unspecified atom stereocenters. The van der Waals surface area contributed by atoms with Crippen molar-refractivity contribution < 1.29 is 23.3 Å². The number of halogens is 2. The summed E-state index contributed by atoms with van der Waals surface area (Å²) in [7, 11) is 0. The predicted octanol–water partition coefficient (Wildman–Crippen LogP) is 9.18. The van der Waals surface area contributed by atoms with Crippen LogP contribution in [0.25, 0.3) is 22.5 Å². The lowest BCUT2D eigenvalue weighted by atomic mass is 10.1. The molecule has 0 fully saturated rings. The molecule has 2 heterocycles. The Morgan fingerprint density at radius 2 is 0.930 bits per heavy atom. The molecule has 2 aromatic heterocycles. The van der Waals surface area contributed by atoms with Gasteiger partial charge in [0.25, 0.3) is 0 Å². The van der Waals surface area contributed by atoms with Crippen molar-refractivity contribution in [2.75, 3.05) is 0 Å². The highest BCUT2D eigenvalue weighted by atomic mass is 35.5. The Balaban J connectivity index is 0.968. The molecule has 0 aliphatic rings. The summed E-state index contributed by atoms with van der Waals surface area (Å²) in [5, 5.41) is 9.70. The summed E-state index contributed by atoms with van der Waals surface area (Å²) in [5.41, 5.74) is 5.08. The maximum atomic E-state index is 6.20. The van der Waals surface area contributed by atoms with Gasteiger partial charge in [-0.05, 0) is 60.7 Å². The molecule has 6 aromatic rings. The fourth-order valence-electron chi connectivity index (χ4n) is 4.28. The van der Waals surface area contributed by atoms with Crippen molar-refractivity contribution in [3.8, 4) is 34.0 Å². The topological polar surface area (TPSA) is 79.8 Å². The van der Waals surface area contributed by atoms with Gasteiger partial charge >= 0.3 is 0 Å². The Kier molecular flexibility index (Phi) is 9.04. The molecule has 43 heavy (non-hydrogen) atoms. The van der Waals surface area contributed by atoms with Gasteiger partial charge in [0.2, 0.25) is 0 Å². The molecule has 216 valence electrons. The Bertz CT molecular complexity index is 1650. The first-order valence-electron chi connectivity index (χ1n) is 13.5. The van der Waals surface area contributed by atoms with Gasteiger partial charge in [-0.2, -0.15) is 0 Å². The summed E-state index contributed by atoms with van der Waals surface area (Å²) < 4.78 is 28.4. The number of hydrogen-bond acceptors (Lipinski definition) is 7. The van der Waals surface area contributed by atoms with E-state index in [4.69, 9.17) is 46.5 Å². The Morgan fingerprint density at radius 3 is 1.35 bits per heavy atom. The minimum atomic E-state index is 0.236. The number of hydrogen-bond donors (Lipinski definition) is 0. The van der Waals surface area contributed by atoms with E-state index in [0.29, 0.717) is 46.2 Å². The van der Waals surface area contributed by atoms with E-state index < -0.39 is 0 Å². The molecule has 0 aliphatic heterocycles.